The molecule has 0 bridgehead atoms. The third kappa shape index (κ3) is 5.27. The summed E-state index contributed by atoms with van der Waals surface area (Å²) in [6.45, 7) is 4.64. The molecule has 0 aliphatic heterocycles. The van der Waals surface area contributed by atoms with E-state index in [0.717, 1.165) is 6.42 Å². The summed E-state index contributed by atoms with van der Waals surface area (Å²) < 4.78 is 10.4. The first-order valence-corrected chi connectivity index (χ1v) is 6.57. The van der Waals surface area contributed by atoms with Gasteiger partial charge < -0.3 is 9.47 Å². The minimum atomic E-state index is -0.429. The number of ether oxygens (including phenoxy) is 2. The van der Waals surface area contributed by atoms with Gasteiger partial charge in [0.05, 0.1) is 12.2 Å². The number of nitrogens with one attached hydrogen (secondary N) is 2. The minimum absolute atomic E-state index is 0.0925. The summed E-state index contributed by atoms with van der Waals surface area (Å²) in [6, 6.07) is 6.87. The lowest BCUT2D eigenvalue weighted by Gasteiger charge is -2.11. The number of para-hydroxylation sites is 1. The van der Waals surface area contributed by atoms with E-state index in [9.17, 15) is 9.59 Å². The van der Waals surface area contributed by atoms with Gasteiger partial charge in [-0.15, -0.1) is 0 Å². The molecule has 0 saturated carbocycles. The molecule has 0 heterocycles. The molecule has 6 nitrogen and oxygen atoms in total. The average molecular weight is 280 g/mol. The highest BCUT2D eigenvalue weighted by Gasteiger charge is 2.12. The van der Waals surface area contributed by atoms with Crippen LogP contribution >= 0.6 is 0 Å². The zero-order chi connectivity index (χ0) is 14.8. The Morgan fingerprint density at radius 3 is 2.60 bits per heavy atom. The highest BCUT2D eigenvalue weighted by molar-refractivity contribution is 5.97. The van der Waals surface area contributed by atoms with E-state index >= 15 is 0 Å². The molecular formula is C14H20N2O4. The Morgan fingerprint density at radius 1 is 1.15 bits per heavy atom. The predicted octanol–water partition coefficient (Wildman–Crippen LogP) is 1.27. The van der Waals surface area contributed by atoms with E-state index in [1.165, 1.54) is 0 Å². The number of hydrogen-bond donors (Lipinski definition) is 2. The quantitative estimate of drug-likeness (QED) is 0.737. The first-order chi connectivity index (χ1) is 9.69. The van der Waals surface area contributed by atoms with Crippen molar-refractivity contribution in [3.63, 3.8) is 0 Å². The average Bonchev–Trinajstić information content (AvgIpc) is 2.48. The second-order valence-corrected chi connectivity index (χ2v) is 3.98. The molecule has 2 amide bonds. The summed E-state index contributed by atoms with van der Waals surface area (Å²) in [6.07, 6.45) is 0.848. The zero-order valence-electron chi connectivity index (χ0n) is 11.8. The Kier molecular flexibility index (Phi) is 7.13. The molecule has 0 fully saturated rings. The molecule has 2 N–H and O–H groups in total. The van der Waals surface area contributed by atoms with Crippen molar-refractivity contribution in [2.24, 2.45) is 0 Å². The molecule has 0 radical (unpaired) electrons. The fourth-order valence-corrected chi connectivity index (χ4v) is 1.42. The number of carbonyl (C=O) groups is 2. The van der Waals surface area contributed by atoms with Crippen LogP contribution in [-0.4, -0.2) is 31.6 Å². The van der Waals surface area contributed by atoms with Crippen molar-refractivity contribution in [1.82, 2.24) is 10.9 Å². The number of carbonyl (C=O) groups excluding carboxylic acids is 2. The molecule has 0 aliphatic rings. The summed E-state index contributed by atoms with van der Waals surface area (Å²) in [4.78, 5) is 23.3. The Bertz CT molecular complexity index is 449. The lowest BCUT2D eigenvalue weighted by molar-refractivity contribution is -0.126. The van der Waals surface area contributed by atoms with E-state index in [2.05, 4.69) is 10.9 Å². The van der Waals surface area contributed by atoms with Crippen LogP contribution in [-0.2, 0) is 9.53 Å². The molecule has 110 valence electrons. The van der Waals surface area contributed by atoms with E-state index in [4.69, 9.17) is 9.47 Å². The highest BCUT2D eigenvalue weighted by Crippen LogP contribution is 2.17. The monoisotopic (exact) mass is 280 g/mol. The molecule has 20 heavy (non-hydrogen) atoms. The van der Waals surface area contributed by atoms with E-state index in [0.29, 0.717) is 24.5 Å². The Morgan fingerprint density at radius 2 is 1.90 bits per heavy atom. The van der Waals surface area contributed by atoms with Crippen LogP contribution in [0, 0.1) is 0 Å². The third-order valence-electron chi connectivity index (χ3n) is 2.35. The molecule has 0 atom stereocenters. The van der Waals surface area contributed by atoms with Crippen LogP contribution in [0.25, 0.3) is 0 Å². The van der Waals surface area contributed by atoms with E-state index < -0.39 is 11.8 Å². The van der Waals surface area contributed by atoms with Crippen molar-refractivity contribution in [2.75, 3.05) is 19.8 Å². The molecule has 0 aliphatic carbocycles. The van der Waals surface area contributed by atoms with Gasteiger partial charge in [-0.1, -0.05) is 19.1 Å². The molecule has 1 aromatic carbocycles. The number of rotatable bonds is 7. The highest BCUT2D eigenvalue weighted by atomic mass is 16.5. The van der Waals surface area contributed by atoms with Gasteiger partial charge in [-0.05, 0) is 25.5 Å². The number of benzene rings is 1. The van der Waals surface area contributed by atoms with Gasteiger partial charge in [0.1, 0.15) is 12.4 Å². The molecule has 0 aromatic heterocycles. The van der Waals surface area contributed by atoms with Crippen molar-refractivity contribution in [2.45, 2.75) is 20.3 Å². The summed E-state index contributed by atoms with van der Waals surface area (Å²) in [5.74, 6) is -0.348. The third-order valence-corrected chi connectivity index (χ3v) is 2.35. The first kappa shape index (κ1) is 16.0. The largest absolute Gasteiger partial charge is 0.493 e. The zero-order valence-corrected chi connectivity index (χ0v) is 11.8. The lowest BCUT2D eigenvalue weighted by Crippen LogP contribution is -2.43. The van der Waals surface area contributed by atoms with Crippen molar-refractivity contribution < 1.29 is 19.1 Å². The van der Waals surface area contributed by atoms with Gasteiger partial charge in [-0.2, -0.15) is 0 Å². The van der Waals surface area contributed by atoms with Crippen LogP contribution in [0.15, 0.2) is 24.3 Å². The SMILES string of the molecule is CCCOc1ccccc1C(=O)NNC(=O)COCC. The summed E-state index contributed by atoms with van der Waals surface area (Å²) in [7, 11) is 0. The fourth-order valence-electron chi connectivity index (χ4n) is 1.42. The number of amides is 2. The van der Waals surface area contributed by atoms with Gasteiger partial charge in [0.25, 0.3) is 11.8 Å². The maximum Gasteiger partial charge on any atom is 0.273 e. The molecule has 1 aromatic rings. The standard InChI is InChI=1S/C14H20N2O4/c1-3-9-20-12-8-6-5-7-11(12)14(18)16-15-13(17)10-19-4-2/h5-8H,3-4,9-10H2,1-2H3,(H,15,17)(H,16,18). The molecular weight excluding hydrogens is 260 g/mol. The maximum atomic E-state index is 12.0. The number of hydrazine groups is 1. The Balaban J connectivity index is 2.56. The van der Waals surface area contributed by atoms with Gasteiger partial charge in [0.2, 0.25) is 0 Å². The minimum Gasteiger partial charge on any atom is -0.493 e. The molecule has 1 rings (SSSR count). The van der Waals surface area contributed by atoms with Gasteiger partial charge in [0.15, 0.2) is 0 Å². The number of hydrogen-bond acceptors (Lipinski definition) is 4. The normalized spacial score (nSPS) is 9.90. The second-order valence-electron chi connectivity index (χ2n) is 3.98. The Hall–Kier alpha value is -2.08. The van der Waals surface area contributed by atoms with Gasteiger partial charge >= 0.3 is 0 Å². The topological polar surface area (TPSA) is 76.7 Å². The molecule has 0 unspecified atom stereocenters. The van der Waals surface area contributed by atoms with Crippen LogP contribution in [0.5, 0.6) is 5.75 Å². The van der Waals surface area contributed by atoms with Crippen molar-refractivity contribution >= 4 is 11.8 Å². The van der Waals surface area contributed by atoms with Gasteiger partial charge in [-0.3, -0.25) is 20.4 Å². The van der Waals surface area contributed by atoms with Gasteiger partial charge in [0, 0.05) is 6.61 Å². The smallest absolute Gasteiger partial charge is 0.273 e. The van der Waals surface area contributed by atoms with Crippen LogP contribution < -0.4 is 15.6 Å². The molecule has 0 saturated heterocycles. The van der Waals surface area contributed by atoms with Crippen LogP contribution in [0.4, 0.5) is 0 Å². The summed E-state index contributed by atoms with van der Waals surface area (Å²) in [5.41, 5.74) is 4.98. The van der Waals surface area contributed by atoms with Crippen LogP contribution in [0.3, 0.4) is 0 Å². The molecule has 6 heteroatoms. The molecule has 0 spiro atoms. The Labute approximate surface area is 118 Å². The van der Waals surface area contributed by atoms with E-state index in [1.54, 1.807) is 31.2 Å². The predicted molar refractivity (Wildman–Crippen MR) is 74.3 cm³/mol. The van der Waals surface area contributed by atoms with Crippen molar-refractivity contribution in [3.8, 4) is 5.75 Å². The summed E-state index contributed by atoms with van der Waals surface area (Å²) >= 11 is 0. The van der Waals surface area contributed by atoms with Crippen molar-refractivity contribution in [1.29, 1.82) is 0 Å². The first-order valence-electron chi connectivity index (χ1n) is 6.57. The van der Waals surface area contributed by atoms with E-state index in [1.807, 2.05) is 6.92 Å². The van der Waals surface area contributed by atoms with Crippen molar-refractivity contribution in [3.05, 3.63) is 29.8 Å². The van der Waals surface area contributed by atoms with Crippen LogP contribution in [0.2, 0.25) is 0 Å². The second kappa shape index (κ2) is 8.92. The lowest BCUT2D eigenvalue weighted by atomic mass is 10.2. The van der Waals surface area contributed by atoms with Gasteiger partial charge in [-0.25, -0.2) is 0 Å². The van der Waals surface area contributed by atoms with E-state index in [-0.39, 0.29) is 6.61 Å². The fraction of sp³-hybridized carbons (Fsp3) is 0.429. The van der Waals surface area contributed by atoms with Crippen LogP contribution in [0.1, 0.15) is 30.6 Å². The summed E-state index contributed by atoms with van der Waals surface area (Å²) in [5, 5.41) is 0. The maximum absolute atomic E-state index is 12.0.